The van der Waals surface area contributed by atoms with Crippen LogP contribution in [0.5, 0.6) is 0 Å². The molecule has 1 N–H and O–H groups in total. The van der Waals surface area contributed by atoms with Crippen LogP contribution in [0.15, 0.2) is 40.5 Å². The zero-order chi connectivity index (χ0) is 15.4. The number of benzene rings is 1. The van der Waals surface area contributed by atoms with Crippen molar-refractivity contribution in [2.75, 3.05) is 18.5 Å². The molecule has 0 atom stereocenters. The maximum atomic E-state index is 5.68. The Morgan fingerprint density at radius 1 is 1.14 bits per heavy atom. The fourth-order valence-corrected chi connectivity index (χ4v) is 4.35. The molecule has 0 saturated carbocycles. The molecular formula is C15H18N3O2PS. The lowest BCUT2D eigenvalue weighted by Gasteiger charge is -2.20. The van der Waals surface area contributed by atoms with Crippen molar-refractivity contribution >= 4 is 31.6 Å². The molecule has 2 aromatic rings. The second-order valence-corrected chi connectivity index (χ2v) is 7.12. The summed E-state index contributed by atoms with van der Waals surface area (Å²) in [5.74, 6) is 0.814. The standard InChI is InChI=1S/C15H18N3O2PS/c1-3-19-21(20-4-2)10-11-5-6-13-12(9-11)18-14-15(22-13)17-8-7-16-14/h5-9H,3-4,10H2,1-2H3,(H,16,18). The maximum absolute atomic E-state index is 5.68. The molecule has 0 unspecified atom stereocenters. The smallest absolute Gasteiger partial charge is 0.175 e. The van der Waals surface area contributed by atoms with E-state index in [9.17, 15) is 0 Å². The van der Waals surface area contributed by atoms with E-state index in [0.717, 1.165) is 27.6 Å². The molecule has 1 aromatic carbocycles. The Balaban J connectivity index is 1.77. The number of nitrogens with one attached hydrogen (secondary N) is 1. The topological polar surface area (TPSA) is 56.3 Å². The van der Waals surface area contributed by atoms with Crippen molar-refractivity contribution in [3.05, 3.63) is 36.2 Å². The highest BCUT2D eigenvalue weighted by Crippen LogP contribution is 2.45. The lowest BCUT2D eigenvalue weighted by Crippen LogP contribution is -2.04. The van der Waals surface area contributed by atoms with Crippen LogP contribution in [-0.4, -0.2) is 23.2 Å². The minimum atomic E-state index is -0.866. The summed E-state index contributed by atoms with van der Waals surface area (Å²) in [6, 6.07) is 6.39. The number of aromatic nitrogens is 2. The second kappa shape index (κ2) is 7.38. The van der Waals surface area contributed by atoms with Gasteiger partial charge in [0, 0.05) is 23.5 Å². The summed E-state index contributed by atoms with van der Waals surface area (Å²) in [5, 5.41) is 4.26. The molecule has 3 rings (SSSR count). The predicted octanol–water partition coefficient (Wildman–Crippen LogP) is 4.57. The van der Waals surface area contributed by atoms with Gasteiger partial charge in [0.05, 0.1) is 18.9 Å². The molecule has 0 radical (unpaired) electrons. The first-order chi connectivity index (χ1) is 10.8. The molecule has 0 saturated heterocycles. The first-order valence-corrected chi connectivity index (χ1v) is 9.40. The molecule has 116 valence electrons. The van der Waals surface area contributed by atoms with Crippen molar-refractivity contribution in [3.8, 4) is 0 Å². The van der Waals surface area contributed by atoms with E-state index in [4.69, 9.17) is 9.05 Å². The molecular weight excluding hydrogens is 317 g/mol. The summed E-state index contributed by atoms with van der Waals surface area (Å²) >= 11 is 1.64. The Morgan fingerprint density at radius 3 is 2.68 bits per heavy atom. The van der Waals surface area contributed by atoms with E-state index in [1.54, 1.807) is 24.2 Å². The highest BCUT2D eigenvalue weighted by molar-refractivity contribution is 7.99. The minimum absolute atomic E-state index is 0.674. The van der Waals surface area contributed by atoms with Gasteiger partial charge in [0.1, 0.15) is 5.03 Å². The maximum Gasteiger partial charge on any atom is 0.175 e. The third kappa shape index (κ3) is 3.58. The SMILES string of the molecule is CCOP(Cc1ccc2c(c1)Nc1nccnc1S2)OCC. The van der Waals surface area contributed by atoms with Crippen LogP contribution < -0.4 is 5.32 Å². The summed E-state index contributed by atoms with van der Waals surface area (Å²) in [6.07, 6.45) is 4.21. The van der Waals surface area contributed by atoms with Gasteiger partial charge in [0.25, 0.3) is 0 Å². The molecule has 7 heteroatoms. The molecule has 0 fully saturated rings. The third-order valence-electron chi connectivity index (χ3n) is 3.03. The summed E-state index contributed by atoms with van der Waals surface area (Å²) in [4.78, 5) is 9.83. The van der Waals surface area contributed by atoms with Crippen molar-refractivity contribution < 1.29 is 9.05 Å². The molecule has 0 amide bonds. The fraction of sp³-hybridized carbons (Fsp3) is 0.333. The van der Waals surface area contributed by atoms with Gasteiger partial charge in [-0.1, -0.05) is 17.8 Å². The van der Waals surface area contributed by atoms with Gasteiger partial charge < -0.3 is 14.4 Å². The summed E-state index contributed by atoms with van der Waals surface area (Å²) < 4.78 is 11.4. The Hall–Kier alpha value is -1.20. The minimum Gasteiger partial charge on any atom is -0.337 e. The number of anilines is 2. The Labute approximate surface area is 135 Å². The highest BCUT2D eigenvalue weighted by Gasteiger charge is 2.19. The van der Waals surface area contributed by atoms with Gasteiger partial charge in [-0.15, -0.1) is 0 Å². The van der Waals surface area contributed by atoms with Crippen LogP contribution in [0.3, 0.4) is 0 Å². The monoisotopic (exact) mass is 335 g/mol. The summed E-state index contributed by atoms with van der Waals surface area (Å²) in [7, 11) is -0.866. The van der Waals surface area contributed by atoms with Crippen molar-refractivity contribution in [1.29, 1.82) is 0 Å². The molecule has 22 heavy (non-hydrogen) atoms. The van der Waals surface area contributed by atoms with Crippen LogP contribution in [0.25, 0.3) is 0 Å². The normalized spacial score (nSPS) is 12.7. The van der Waals surface area contributed by atoms with E-state index < -0.39 is 8.38 Å². The average molecular weight is 335 g/mol. The molecule has 1 aliphatic rings. The van der Waals surface area contributed by atoms with Crippen LogP contribution >= 0.6 is 20.1 Å². The van der Waals surface area contributed by atoms with Crippen molar-refractivity contribution in [3.63, 3.8) is 0 Å². The van der Waals surface area contributed by atoms with Gasteiger partial charge in [-0.2, -0.15) is 0 Å². The molecule has 2 heterocycles. The number of hydrogen-bond donors (Lipinski definition) is 1. The zero-order valence-corrected chi connectivity index (χ0v) is 14.3. The zero-order valence-electron chi connectivity index (χ0n) is 12.6. The van der Waals surface area contributed by atoms with Gasteiger partial charge in [0.15, 0.2) is 14.2 Å². The molecule has 0 spiro atoms. The largest absolute Gasteiger partial charge is 0.337 e. The van der Waals surface area contributed by atoms with Crippen LogP contribution in [0.2, 0.25) is 0 Å². The van der Waals surface area contributed by atoms with Gasteiger partial charge in [-0.25, -0.2) is 9.97 Å². The van der Waals surface area contributed by atoms with E-state index in [0.29, 0.717) is 13.2 Å². The van der Waals surface area contributed by atoms with Crippen LogP contribution in [0, 0.1) is 0 Å². The van der Waals surface area contributed by atoms with Gasteiger partial charge in [-0.3, -0.25) is 0 Å². The van der Waals surface area contributed by atoms with E-state index in [2.05, 4.69) is 33.5 Å². The van der Waals surface area contributed by atoms with Crippen molar-refractivity contribution in [2.45, 2.75) is 29.9 Å². The fourth-order valence-electron chi connectivity index (χ4n) is 2.15. The van der Waals surface area contributed by atoms with Gasteiger partial charge in [0.2, 0.25) is 0 Å². The molecule has 5 nitrogen and oxygen atoms in total. The Morgan fingerprint density at radius 2 is 1.91 bits per heavy atom. The van der Waals surface area contributed by atoms with Gasteiger partial charge in [-0.05, 0) is 31.5 Å². The highest BCUT2D eigenvalue weighted by atomic mass is 32.2. The average Bonchev–Trinajstić information content (AvgIpc) is 2.53. The lowest BCUT2D eigenvalue weighted by atomic mass is 10.2. The third-order valence-corrected chi connectivity index (χ3v) is 5.81. The Bertz CT molecular complexity index is 650. The molecule has 0 aliphatic carbocycles. The van der Waals surface area contributed by atoms with Crippen molar-refractivity contribution in [2.24, 2.45) is 0 Å². The first kappa shape index (κ1) is 15.7. The number of nitrogens with zero attached hydrogens (tertiary/aromatic N) is 2. The number of fused-ring (bicyclic) bond motifs is 2. The van der Waals surface area contributed by atoms with Gasteiger partial charge >= 0.3 is 0 Å². The first-order valence-electron chi connectivity index (χ1n) is 7.22. The molecule has 1 aromatic heterocycles. The molecule has 1 aliphatic heterocycles. The number of hydrogen-bond acceptors (Lipinski definition) is 6. The predicted molar refractivity (Wildman–Crippen MR) is 89.8 cm³/mol. The van der Waals surface area contributed by atoms with Crippen LogP contribution in [0.4, 0.5) is 11.5 Å². The molecule has 0 bridgehead atoms. The lowest BCUT2D eigenvalue weighted by molar-refractivity contribution is 0.268. The van der Waals surface area contributed by atoms with E-state index in [1.165, 1.54) is 5.56 Å². The van der Waals surface area contributed by atoms with Crippen LogP contribution in [-0.2, 0) is 15.2 Å². The van der Waals surface area contributed by atoms with Crippen molar-refractivity contribution in [1.82, 2.24) is 9.97 Å². The van der Waals surface area contributed by atoms with E-state index in [-0.39, 0.29) is 0 Å². The summed E-state index contributed by atoms with van der Waals surface area (Å²) in [5.41, 5.74) is 2.27. The quantitative estimate of drug-likeness (QED) is 0.666. The van der Waals surface area contributed by atoms with E-state index >= 15 is 0 Å². The number of rotatable bonds is 6. The van der Waals surface area contributed by atoms with E-state index in [1.807, 2.05) is 13.8 Å². The second-order valence-electron chi connectivity index (χ2n) is 4.59. The summed E-state index contributed by atoms with van der Waals surface area (Å²) in [6.45, 7) is 5.34. The Kier molecular flexibility index (Phi) is 5.26. The van der Waals surface area contributed by atoms with Crippen LogP contribution in [0.1, 0.15) is 19.4 Å².